The lowest BCUT2D eigenvalue weighted by Crippen LogP contribution is -2.46. The van der Waals surface area contributed by atoms with Crippen LogP contribution in [0.1, 0.15) is 16.7 Å². The van der Waals surface area contributed by atoms with Gasteiger partial charge >= 0.3 is 0 Å². The van der Waals surface area contributed by atoms with Crippen LogP contribution in [-0.2, 0) is 17.8 Å². The van der Waals surface area contributed by atoms with Crippen molar-refractivity contribution in [3.05, 3.63) is 83.7 Å². The number of aromatic nitrogens is 2. The largest absolute Gasteiger partial charge is 0.354 e. The van der Waals surface area contributed by atoms with Gasteiger partial charge in [-0.15, -0.1) is 0 Å². The first-order chi connectivity index (χ1) is 14.7. The van der Waals surface area contributed by atoms with Crippen LogP contribution in [-0.4, -0.2) is 47.0 Å². The van der Waals surface area contributed by atoms with Crippen LogP contribution in [0.3, 0.4) is 0 Å². The van der Waals surface area contributed by atoms with Crippen molar-refractivity contribution < 1.29 is 4.79 Å². The smallest absolute Gasteiger partial charge is 0.229 e. The molecule has 2 heterocycles. The Morgan fingerprint density at radius 3 is 2.47 bits per heavy atom. The number of hydrogen-bond donors (Lipinski definition) is 1. The highest BCUT2D eigenvalue weighted by Crippen LogP contribution is 2.18. The van der Waals surface area contributed by atoms with Gasteiger partial charge in [0, 0.05) is 38.8 Å². The first-order valence-corrected chi connectivity index (χ1v) is 10.3. The van der Waals surface area contributed by atoms with Crippen molar-refractivity contribution in [3.63, 3.8) is 0 Å². The summed E-state index contributed by atoms with van der Waals surface area (Å²) in [5, 5.41) is 2.91. The number of carbonyl (C=O) groups excluding carboxylic acids is 1. The van der Waals surface area contributed by atoms with Crippen LogP contribution in [0, 0.1) is 6.92 Å². The Bertz CT molecular complexity index is 984. The van der Waals surface area contributed by atoms with Gasteiger partial charge in [-0.3, -0.25) is 9.69 Å². The third-order valence-corrected chi connectivity index (χ3v) is 5.48. The summed E-state index contributed by atoms with van der Waals surface area (Å²) in [5.74, 6) is 1.34. The minimum Gasteiger partial charge on any atom is -0.354 e. The van der Waals surface area contributed by atoms with E-state index in [1.165, 1.54) is 11.9 Å². The molecule has 1 aromatic heterocycles. The van der Waals surface area contributed by atoms with Crippen LogP contribution in [0.25, 0.3) is 0 Å². The van der Waals surface area contributed by atoms with Gasteiger partial charge in [0.25, 0.3) is 0 Å². The van der Waals surface area contributed by atoms with Gasteiger partial charge in [0.1, 0.15) is 18.0 Å². The minimum atomic E-state index is -0.0679. The van der Waals surface area contributed by atoms with Gasteiger partial charge in [-0.25, -0.2) is 9.97 Å². The van der Waals surface area contributed by atoms with Gasteiger partial charge in [-0.05, 0) is 23.6 Å². The quantitative estimate of drug-likeness (QED) is 0.687. The van der Waals surface area contributed by atoms with Crippen LogP contribution in [0.15, 0.2) is 67.0 Å². The van der Waals surface area contributed by atoms with E-state index >= 15 is 0 Å². The van der Waals surface area contributed by atoms with E-state index in [4.69, 9.17) is 0 Å². The molecule has 2 aromatic carbocycles. The van der Waals surface area contributed by atoms with Gasteiger partial charge in [0.15, 0.2) is 0 Å². The number of anilines is 2. The second-order valence-electron chi connectivity index (χ2n) is 7.66. The molecule has 0 spiro atoms. The standard InChI is InChI=1S/C24H27N5O/c1-19-7-5-6-10-21(19)15-24(30)27-22-16-23(26-18-25-22)29-13-11-28(12-14-29)17-20-8-3-2-4-9-20/h2-10,16,18H,11-15,17H2,1H3,(H,25,26,27,30). The summed E-state index contributed by atoms with van der Waals surface area (Å²) in [6, 6.07) is 20.4. The first-order valence-electron chi connectivity index (χ1n) is 10.3. The average Bonchev–Trinajstić information content (AvgIpc) is 2.77. The molecule has 0 atom stereocenters. The molecular formula is C24H27N5O. The topological polar surface area (TPSA) is 61.4 Å². The molecule has 1 fully saturated rings. The Labute approximate surface area is 177 Å². The van der Waals surface area contributed by atoms with Crippen molar-refractivity contribution in [2.75, 3.05) is 36.4 Å². The fraction of sp³-hybridized carbons (Fsp3) is 0.292. The van der Waals surface area contributed by atoms with Crippen LogP contribution >= 0.6 is 0 Å². The molecule has 6 nitrogen and oxygen atoms in total. The number of rotatable bonds is 6. The fourth-order valence-electron chi connectivity index (χ4n) is 3.73. The molecule has 0 saturated carbocycles. The van der Waals surface area contributed by atoms with Crippen molar-refractivity contribution in [2.45, 2.75) is 19.9 Å². The lowest BCUT2D eigenvalue weighted by molar-refractivity contribution is -0.115. The highest BCUT2D eigenvalue weighted by molar-refractivity contribution is 5.91. The molecule has 154 valence electrons. The summed E-state index contributed by atoms with van der Waals surface area (Å²) < 4.78 is 0. The number of carbonyl (C=O) groups is 1. The predicted octanol–water partition coefficient (Wildman–Crippen LogP) is 3.29. The first kappa shape index (κ1) is 20.0. The second kappa shape index (κ2) is 9.50. The Morgan fingerprint density at radius 2 is 1.70 bits per heavy atom. The fourth-order valence-corrected chi connectivity index (χ4v) is 3.73. The van der Waals surface area contributed by atoms with E-state index in [1.807, 2.05) is 43.3 Å². The number of piperazine rings is 1. The summed E-state index contributed by atoms with van der Waals surface area (Å²) in [6.07, 6.45) is 1.86. The van der Waals surface area contributed by atoms with Crippen LogP contribution in [0.5, 0.6) is 0 Å². The molecule has 6 heteroatoms. The summed E-state index contributed by atoms with van der Waals surface area (Å²) in [4.78, 5) is 25.8. The van der Waals surface area contributed by atoms with Crippen molar-refractivity contribution >= 4 is 17.5 Å². The van der Waals surface area contributed by atoms with E-state index in [0.717, 1.165) is 49.7 Å². The van der Waals surface area contributed by atoms with Gasteiger partial charge in [-0.1, -0.05) is 54.6 Å². The maximum atomic E-state index is 12.4. The van der Waals surface area contributed by atoms with Gasteiger partial charge in [0.2, 0.25) is 5.91 Å². The van der Waals surface area contributed by atoms with E-state index < -0.39 is 0 Å². The summed E-state index contributed by atoms with van der Waals surface area (Å²) in [6.45, 7) is 6.75. The van der Waals surface area contributed by atoms with Gasteiger partial charge in [-0.2, -0.15) is 0 Å². The van der Waals surface area contributed by atoms with E-state index in [0.29, 0.717) is 12.2 Å². The molecule has 0 bridgehead atoms. The maximum absolute atomic E-state index is 12.4. The minimum absolute atomic E-state index is 0.0679. The van der Waals surface area contributed by atoms with Crippen molar-refractivity contribution in [2.24, 2.45) is 0 Å². The predicted molar refractivity (Wildman–Crippen MR) is 119 cm³/mol. The molecule has 1 amide bonds. The van der Waals surface area contributed by atoms with Crippen LogP contribution in [0.2, 0.25) is 0 Å². The number of benzene rings is 2. The van der Waals surface area contributed by atoms with Crippen molar-refractivity contribution in [1.82, 2.24) is 14.9 Å². The van der Waals surface area contributed by atoms with E-state index in [1.54, 1.807) is 0 Å². The molecular weight excluding hydrogens is 374 g/mol. The zero-order valence-corrected chi connectivity index (χ0v) is 17.3. The summed E-state index contributed by atoms with van der Waals surface area (Å²) in [5.41, 5.74) is 3.48. The number of nitrogens with one attached hydrogen (secondary N) is 1. The second-order valence-corrected chi connectivity index (χ2v) is 7.66. The Kier molecular flexibility index (Phi) is 6.35. The van der Waals surface area contributed by atoms with Gasteiger partial charge in [0.05, 0.1) is 6.42 Å². The van der Waals surface area contributed by atoms with Gasteiger partial charge < -0.3 is 10.2 Å². The lowest BCUT2D eigenvalue weighted by Gasteiger charge is -2.35. The Balaban J connectivity index is 1.32. The third-order valence-electron chi connectivity index (χ3n) is 5.48. The van der Waals surface area contributed by atoms with Crippen LogP contribution < -0.4 is 10.2 Å². The van der Waals surface area contributed by atoms with E-state index in [9.17, 15) is 4.79 Å². The number of amides is 1. The number of nitrogens with zero attached hydrogens (tertiary/aromatic N) is 4. The summed E-state index contributed by atoms with van der Waals surface area (Å²) in [7, 11) is 0. The molecule has 4 rings (SSSR count). The molecule has 0 radical (unpaired) electrons. The molecule has 1 aliphatic heterocycles. The average molecular weight is 402 g/mol. The molecule has 1 aliphatic rings. The monoisotopic (exact) mass is 401 g/mol. The van der Waals surface area contributed by atoms with Crippen molar-refractivity contribution in [1.29, 1.82) is 0 Å². The molecule has 1 saturated heterocycles. The molecule has 30 heavy (non-hydrogen) atoms. The van der Waals surface area contributed by atoms with Crippen LogP contribution in [0.4, 0.5) is 11.6 Å². The molecule has 1 N–H and O–H groups in total. The molecule has 0 unspecified atom stereocenters. The lowest BCUT2D eigenvalue weighted by atomic mass is 10.1. The van der Waals surface area contributed by atoms with E-state index in [-0.39, 0.29) is 5.91 Å². The normalized spacial score (nSPS) is 14.5. The SMILES string of the molecule is Cc1ccccc1CC(=O)Nc1cc(N2CCN(Cc3ccccc3)CC2)ncn1. The number of aryl methyl sites for hydroxylation is 1. The highest BCUT2D eigenvalue weighted by atomic mass is 16.1. The Morgan fingerprint density at radius 1 is 0.967 bits per heavy atom. The van der Waals surface area contributed by atoms with E-state index in [2.05, 4.69) is 49.4 Å². The van der Waals surface area contributed by atoms with Crippen molar-refractivity contribution in [3.8, 4) is 0 Å². The number of hydrogen-bond acceptors (Lipinski definition) is 5. The highest BCUT2D eigenvalue weighted by Gasteiger charge is 2.19. The Hall–Kier alpha value is -3.25. The molecule has 3 aromatic rings. The zero-order valence-electron chi connectivity index (χ0n) is 17.3. The third kappa shape index (κ3) is 5.21. The molecule has 0 aliphatic carbocycles. The summed E-state index contributed by atoms with van der Waals surface area (Å²) >= 11 is 0. The maximum Gasteiger partial charge on any atom is 0.229 e. The zero-order chi connectivity index (χ0) is 20.8.